The average molecular weight is 277 g/mol. The van der Waals surface area contributed by atoms with Gasteiger partial charge in [0.05, 0.1) is 6.10 Å². The monoisotopic (exact) mass is 277 g/mol. The van der Waals surface area contributed by atoms with Crippen molar-refractivity contribution in [1.82, 2.24) is 5.32 Å². The van der Waals surface area contributed by atoms with Crippen molar-refractivity contribution in [1.29, 1.82) is 0 Å². The molecule has 0 saturated carbocycles. The highest BCUT2D eigenvalue weighted by Crippen LogP contribution is 2.17. The van der Waals surface area contributed by atoms with Crippen LogP contribution in [0.4, 0.5) is 8.78 Å². The van der Waals surface area contributed by atoms with Gasteiger partial charge < -0.3 is 10.4 Å². The van der Waals surface area contributed by atoms with Crippen molar-refractivity contribution in [2.75, 3.05) is 19.3 Å². The Morgan fingerprint density at radius 1 is 1.39 bits per heavy atom. The average Bonchev–Trinajstić information content (AvgIpc) is 2.31. The second-order valence-electron chi connectivity index (χ2n) is 4.15. The lowest BCUT2D eigenvalue weighted by Gasteiger charge is -2.15. The second kappa shape index (κ2) is 6.92. The molecular formula is C12H17F2NO2S. The number of halogens is 2. The Morgan fingerprint density at radius 3 is 2.67 bits per heavy atom. The molecule has 0 heterocycles. The first-order chi connectivity index (χ1) is 8.41. The number of hydrogen-bond acceptors (Lipinski definition) is 3. The van der Waals surface area contributed by atoms with Crippen LogP contribution in [0.1, 0.15) is 18.6 Å². The Bertz CT molecular complexity index is 429. The number of aliphatic hydroxyl groups is 1. The van der Waals surface area contributed by atoms with Crippen LogP contribution in [0.15, 0.2) is 18.2 Å². The number of aliphatic hydroxyl groups excluding tert-OH is 1. The fourth-order valence-corrected chi connectivity index (χ4v) is 1.77. The third kappa shape index (κ3) is 4.44. The third-order valence-electron chi connectivity index (χ3n) is 2.65. The quantitative estimate of drug-likeness (QED) is 0.825. The summed E-state index contributed by atoms with van der Waals surface area (Å²) in [5.41, 5.74) is -0.0761. The summed E-state index contributed by atoms with van der Waals surface area (Å²) in [6.45, 7) is 2.33. The van der Waals surface area contributed by atoms with Crippen LogP contribution in [0.3, 0.4) is 0 Å². The Balaban J connectivity index is 2.52. The van der Waals surface area contributed by atoms with Crippen LogP contribution < -0.4 is 5.32 Å². The molecule has 0 aliphatic carbocycles. The zero-order chi connectivity index (χ0) is 13.7. The van der Waals surface area contributed by atoms with Gasteiger partial charge in [-0.15, -0.1) is 0 Å². The van der Waals surface area contributed by atoms with E-state index < -0.39 is 28.5 Å². The van der Waals surface area contributed by atoms with Gasteiger partial charge in [-0.05, 0) is 25.1 Å². The minimum atomic E-state index is -1.13. The van der Waals surface area contributed by atoms with Crippen LogP contribution in [0.5, 0.6) is 0 Å². The number of benzene rings is 1. The summed E-state index contributed by atoms with van der Waals surface area (Å²) in [5, 5.41) is 12.6. The van der Waals surface area contributed by atoms with Crippen molar-refractivity contribution in [2.45, 2.75) is 18.3 Å². The largest absolute Gasteiger partial charge is 0.387 e. The second-order valence-corrected chi connectivity index (χ2v) is 5.95. The van der Waals surface area contributed by atoms with Crippen LogP contribution in [0, 0.1) is 11.6 Å². The number of hydrogen-bond donors (Lipinski definition) is 2. The predicted molar refractivity (Wildman–Crippen MR) is 67.7 cm³/mol. The molecule has 6 heteroatoms. The third-order valence-corrected chi connectivity index (χ3v) is 3.95. The minimum absolute atomic E-state index is 0.0606. The minimum Gasteiger partial charge on any atom is -0.387 e. The Morgan fingerprint density at radius 2 is 2.06 bits per heavy atom. The molecule has 0 aliphatic heterocycles. The van der Waals surface area contributed by atoms with Gasteiger partial charge in [-0.2, -0.15) is 0 Å². The van der Waals surface area contributed by atoms with E-state index in [0.29, 0.717) is 6.54 Å². The lowest BCUT2D eigenvalue weighted by molar-refractivity contribution is 0.170. The van der Waals surface area contributed by atoms with Crippen LogP contribution in [0.2, 0.25) is 0 Å². The summed E-state index contributed by atoms with van der Waals surface area (Å²) in [5.74, 6) is -1.23. The molecule has 0 saturated heterocycles. The number of nitrogens with one attached hydrogen (secondary N) is 1. The van der Waals surface area contributed by atoms with Crippen molar-refractivity contribution >= 4 is 10.8 Å². The van der Waals surface area contributed by atoms with Crippen LogP contribution in [0.25, 0.3) is 0 Å². The van der Waals surface area contributed by atoms with E-state index in [2.05, 4.69) is 5.32 Å². The first-order valence-corrected chi connectivity index (χ1v) is 7.20. The zero-order valence-electron chi connectivity index (χ0n) is 10.3. The summed E-state index contributed by atoms with van der Waals surface area (Å²) in [7, 11) is -0.956. The Labute approximate surface area is 108 Å². The molecule has 0 bridgehead atoms. The lowest BCUT2D eigenvalue weighted by atomic mass is 10.1. The highest BCUT2D eigenvalue weighted by molar-refractivity contribution is 7.84. The van der Waals surface area contributed by atoms with Gasteiger partial charge in [0.2, 0.25) is 0 Å². The maximum absolute atomic E-state index is 13.3. The lowest BCUT2D eigenvalue weighted by Crippen LogP contribution is -2.31. The van der Waals surface area contributed by atoms with Gasteiger partial charge in [-0.1, -0.05) is 0 Å². The van der Waals surface area contributed by atoms with Gasteiger partial charge in [0.1, 0.15) is 11.6 Å². The van der Waals surface area contributed by atoms with Crippen molar-refractivity contribution < 1.29 is 18.1 Å². The van der Waals surface area contributed by atoms with Crippen molar-refractivity contribution in [2.24, 2.45) is 0 Å². The molecule has 0 aromatic heterocycles. The zero-order valence-corrected chi connectivity index (χ0v) is 11.1. The highest BCUT2D eigenvalue weighted by Gasteiger charge is 2.14. The SMILES string of the molecule is CC(CNCC(O)c1cc(F)ccc1F)S(C)=O. The first kappa shape index (κ1) is 15.2. The molecule has 3 unspecified atom stereocenters. The van der Waals surface area contributed by atoms with Gasteiger partial charge in [0.15, 0.2) is 0 Å². The van der Waals surface area contributed by atoms with Crippen molar-refractivity contribution in [3.05, 3.63) is 35.4 Å². The summed E-state index contributed by atoms with van der Waals surface area (Å²) in [6.07, 6.45) is 0.466. The van der Waals surface area contributed by atoms with Gasteiger partial charge in [-0.25, -0.2) is 8.78 Å². The van der Waals surface area contributed by atoms with Gasteiger partial charge in [0.25, 0.3) is 0 Å². The molecule has 1 rings (SSSR count). The summed E-state index contributed by atoms with van der Waals surface area (Å²) in [4.78, 5) is 0. The van der Waals surface area contributed by atoms with Gasteiger partial charge in [0, 0.05) is 41.0 Å². The van der Waals surface area contributed by atoms with Crippen LogP contribution >= 0.6 is 0 Å². The molecule has 3 nitrogen and oxygen atoms in total. The standard InChI is InChI=1S/C12H17F2NO2S/c1-8(18(2)17)6-15-7-12(16)10-5-9(13)3-4-11(10)14/h3-5,8,12,15-16H,6-7H2,1-2H3. The van der Waals surface area contributed by atoms with Gasteiger partial charge >= 0.3 is 0 Å². The Hall–Kier alpha value is -0.850. The summed E-state index contributed by atoms with van der Waals surface area (Å²) < 4.78 is 37.3. The fraction of sp³-hybridized carbons (Fsp3) is 0.500. The van der Waals surface area contributed by atoms with E-state index >= 15 is 0 Å². The molecule has 18 heavy (non-hydrogen) atoms. The smallest absolute Gasteiger partial charge is 0.129 e. The molecule has 1 aromatic rings. The summed E-state index contributed by atoms with van der Waals surface area (Å²) >= 11 is 0. The highest BCUT2D eigenvalue weighted by atomic mass is 32.2. The topological polar surface area (TPSA) is 49.3 Å². The van der Waals surface area contributed by atoms with E-state index in [0.717, 1.165) is 18.2 Å². The fourth-order valence-electron chi connectivity index (χ4n) is 1.42. The summed E-state index contributed by atoms with van der Waals surface area (Å²) in [6, 6.07) is 2.96. The van der Waals surface area contributed by atoms with Crippen LogP contribution in [-0.4, -0.2) is 33.9 Å². The number of rotatable bonds is 6. The van der Waals surface area contributed by atoms with E-state index in [9.17, 15) is 18.1 Å². The molecule has 0 aliphatic rings. The first-order valence-electron chi connectivity index (χ1n) is 5.57. The molecular weight excluding hydrogens is 260 g/mol. The molecule has 0 fully saturated rings. The molecule has 3 atom stereocenters. The maximum Gasteiger partial charge on any atom is 0.129 e. The van der Waals surface area contributed by atoms with Crippen molar-refractivity contribution in [3.63, 3.8) is 0 Å². The van der Waals surface area contributed by atoms with E-state index in [4.69, 9.17) is 0 Å². The maximum atomic E-state index is 13.3. The van der Waals surface area contributed by atoms with Crippen molar-refractivity contribution in [3.8, 4) is 0 Å². The predicted octanol–water partition coefficient (Wildman–Crippen LogP) is 1.35. The van der Waals surface area contributed by atoms with E-state index in [1.165, 1.54) is 0 Å². The van der Waals surface area contributed by atoms with Gasteiger partial charge in [-0.3, -0.25) is 4.21 Å². The van der Waals surface area contributed by atoms with Crippen LogP contribution in [-0.2, 0) is 10.8 Å². The van der Waals surface area contributed by atoms with E-state index in [1.54, 1.807) is 13.2 Å². The Kier molecular flexibility index (Phi) is 5.84. The molecule has 0 radical (unpaired) electrons. The molecule has 102 valence electrons. The molecule has 2 N–H and O–H groups in total. The van der Waals surface area contributed by atoms with E-state index in [1.807, 2.05) is 0 Å². The molecule has 0 amide bonds. The molecule has 0 spiro atoms. The normalized spacial score (nSPS) is 16.3. The molecule has 1 aromatic carbocycles. The van der Waals surface area contributed by atoms with E-state index in [-0.39, 0.29) is 17.4 Å².